The maximum absolute atomic E-state index is 6.79. The van der Waals surface area contributed by atoms with Crippen molar-refractivity contribution in [2.45, 2.75) is 33.0 Å². The molecule has 0 atom stereocenters. The lowest BCUT2D eigenvalue weighted by atomic mass is 9.70. The zero-order valence-electron chi connectivity index (χ0n) is 15.1. The first kappa shape index (κ1) is 16.1. The Morgan fingerprint density at radius 2 is 1.16 bits per heavy atom. The Morgan fingerprint density at radius 1 is 0.680 bits per heavy atom. The molecular formula is C24H24O. The Hall–Kier alpha value is -2.38. The van der Waals surface area contributed by atoms with Gasteiger partial charge >= 0.3 is 0 Å². The van der Waals surface area contributed by atoms with Gasteiger partial charge in [0.25, 0.3) is 0 Å². The molecule has 4 rings (SSSR count). The molecule has 3 aromatic carbocycles. The fraction of sp³-hybridized carbons (Fsp3) is 0.250. The molecule has 0 heterocycles. The van der Waals surface area contributed by atoms with Gasteiger partial charge in [-0.15, -0.1) is 0 Å². The van der Waals surface area contributed by atoms with Gasteiger partial charge < -0.3 is 4.74 Å². The van der Waals surface area contributed by atoms with E-state index in [2.05, 4.69) is 93.6 Å². The van der Waals surface area contributed by atoms with Crippen LogP contribution in [0.15, 0.2) is 78.9 Å². The summed E-state index contributed by atoms with van der Waals surface area (Å²) < 4.78 is 6.79. The second kappa shape index (κ2) is 5.86. The molecule has 0 N–H and O–H groups in total. The summed E-state index contributed by atoms with van der Waals surface area (Å²) in [4.78, 5) is 0. The first-order valence-corrected chi connectivity index (χ1v) is 8.91. The number of ether oxygens (including phenoxy) is 1. The van der Waals surface area contributed by atoms with Gasteiger partial charge in [0.15, 0.2) is 0 Å². The van der Waals surface area contributed by atoms with Gasteiger partial charge in [0.1, 0.15) is 5.60 Å². The quantitative estimate of drug-likeness (QED) is 0.558. The molecule has 0 bridgehead atoms. The first-order valence-electron chi connectivity index (χ1n) is 8.91. The summed E-state index contributed by atoms with van der Waals surface area (Å²) in [5.74, 6) is 0. The smallest absolute Gasteiger partial charge is 0.125 e. The van der Waals surface area contributed by atoms with Crippen molar-refractivity contribution in [2.24, 2.45) is 5.41 Å². The van der Waals surface area contributed by atoms with Crippen molar-refractivity contribution in [3.05, 3.63) is 95.6 Å². The van der Waals surface area contributed by atoms with E-state index in [-0.39, 0.29) is 5.41 Å². The van der Waals surface area contributed by atoms with Crippen LogP contribution in [0.2, 0.25) is 0 Å². The van der Waals surface area contributed by atoms with Crippen molar-refractivity contribution in [1.29, 1.82) is 0 Å². The molecule has 126 valence electrons. The zero-order valence-corrected chi connectivity index (χ0v) is 15.1. The SMILES string of the molecule is CC(C)(C)C1(OCc2ccccc2)c2ccccc2-c2ccccc21. The lowest BCUT2D eigenvalue weighted by Crippen LogP contribution is -2.42. The van der Waals surface area contributed by atoms with Crippen LogP contribution in [0.1, 0.15) is 37.5 Å². The van der Waals surface area contributed by atoms with Crippen molar-refractivity contribution < 1.29 is 4.74 Å². The van der Waals surface area contributed by atoms with E-state index in [9.17, 15) is 0 Å². The zero-order chi connectivity index (χ0) is 17.5. The van der Waals surface area contributed by atoms with Gasteiger partial charge in [-0.05, 0) is 33.2 Å². The van der Waals surface area contributed by atoms with E-state index in [1.54, 1.807) is 0 Å². The Morgan fingerprint density at radius 3 is 1.68 bits per heavy atom. The standard InChI is InChI=1S/C24H24O/c1-23(2,3)24(25-17-18-11-5-4-6-12-18)21-15-9-7-13-19(21)20-14-8-10-16-22(20)24/h4-16H,17H2,1-3H3. The molecule has 0 unspecified atom stereocenters. The molecule has 0 fully saturated rings. The maximum atomic E-state index is 6.79. The van der Waals surface area contributed by atoms with Crippen LogP contribution >= 0.6 is 0 Å². The summed E-state index contributed by atoms with van der Waals surface area (Å²) in [5, 5.41) is 0. The van der Waals surface area contributed by atoms with E-state index < -0.39 is 5.60 Å². The fourth-order valence-electron chi connectivity index (χ4n) is 4.14. The summed E-state index contributed by atoms with van der Waals surface area (Å²) in [5.41, 5.74) is 5.81. The predicted molar refractivity (Wildman–Crippen MR) is 103 cm³/mol. The number of hydrogen-bond acceptors (Lipinski definition) is 1. The summed E-state index contributed by atoms with van der Waals surface area (Å²) in [7, 11) is 0. The third-order valence-corrected chi connectivity index (χ3v) is 5.26. The fourth-order valence-corrected chi connectivity index (χ4v) is 4.14. The van der Waals surface area contributed by atoms with Crippen LogP contribution in [-0.4, -0.2) is 0 Å². The minimum absolute atomic E-state index is 0.0789. The van der Waals surface area contributed by atoms with Gasteiger partial charge in [-0.25, -0.2) is 0 Å². The minimum atomic E-state index is -0.448. The van der Waals surface area contributed by atoms with Crippen LogP contribution in [0.25, 0.3) is 11.1 Å². The number of rotatable bonds is 3. The molecule has 3 aromatic rings. The van der Waals surface area contributed by atoms with Crippen LogP contribution in [-0.2, 0) is 16.9 Å². The molecule has 0 saturated carbocycles. The largest absolute Gasteiger partial charge is 0.360 e. The monoisotopic (exact) mass is 328 g/mol. The van der Waals surface area contributed by atoms with Crippen LogP contribution in [0.5, 0.6) is 0 Å². The average Bonchev–Trinajstić information content (AvgIpc) is 2.92. The van der Waals surface area contributed by atoms with E-state index in [1.807, 2.05) is 6.07 Å². The van der Waals surface area contributed by atoms with Crippen molar-refractivity contribution >= 4 is 0 Å². The highest BCUT2D eigenvalue weighted by molar-refractivity contribution is 5.80. The van der Waals surface area contributed by atoms with E-state index >= 15 is 0 Å². The van der Waals surface area contributed by atoms with Crippen LogP contribution in [0, 0.1) is 5.41 Å². The second-order valence-corrected chi connectivity index (χ2v) is 7.80. The number of hydrogen-bond donors (Lipinski definition) is 0. The highest BCUT2D eigenvalue weighted by Gasteiger charge is 2.52. The van der Waals surface area contributed by atoms with Crippen LogP contribution in [0.3, 0.4) is 0 Å². The third kappa shape index (κ3) is 2.42. The highest BCUT2D eigenvalue weighted by Crippen LogP contribution is 2.57. The molecule has 1 aliphatic rings. The molecule has 0 amide bonds. The molecular weight excluding hydrogens is 304 g/mol. The van der Waals surface area contributed by atoms with Crippen molar-refractivity contribution in [1.82, 2.24) is 0 Å². The summed E-state index contributed by atoms with van der Waals surface area (Å²) in [6.07, 6.45) is 0. The van der Waals surface area contributed by atoms with E-state index in [4.69, 9.17) is 4.74 Å². The lowest BCUT2D eigenvalue weighted by Gasteiger charge is -2.43. The normalized spacial score (nSPS) is 14.8. The van der Waals surface area contributed by atoms with Gasteiger partial charge in [-0.2, -0.15) is 0 Å². The predicted octanol–water partition coefficient (Wildman–Crippen LogP) is 6.17. The molecule has 1 nitrogen and oxygen atoms in total. The summed E-state index contributed by atoms with van der Waals surface area (Å²) in [6, 6.07) is 27.8. The Kier molecular flexibility index (Phi) is 3.77. The van der Waals surface area contributed by atoms with E-state index in [0.717, 1.165) is 0 Å². The topological polar surface area (TPSA) is 9.23 Å². The number of fused-ring (bicyclic) bond motifs is 3. The van der Waals surface area contributed by atoms with Crippen molar-refractivity contribution in [3.63, 3.8) is 0 Å². The maximum Gasteiger partial charge on any atom is 0.125 e. The highest BCUT2D eigenvalue weighted by atomic mass is 16.5. The van der Waals surface area contributed by atoms with Gasteiger partial charge in [0.05, 0.1) is 6.61 Å². The van der Waals surface area contributed by atoms with Gasteiger partial charge in [0.2, 0.25) is 0 Å². The summed E-state index contributed by atoms with van der Waals surface area (Å²) in [6.45, 7) is 7.42. The molecule has 1 heteroatoms. The van der Waals surface area contributed by atoms with Crippen molar-refractivity contribution in [2.75, 3.05) is 0 Å². The van der Waals surface area contributed by atoms with Crippen LogP contribution < -0.4 is 0 Å². The van der Waals surface area contributed by atoms with Gasteiger partial charge in [-0.3, -0.25) is 0 Å². The van der Waals surface area contributed by atoms with Gasteiger partial charge in [-0.1, -0.05) is 99.6 Å². The first-order chi connectivity index (χ1) is 12.0. The molecule has 1 aliphatic carbocycles. The molecule has 25 heavy (non-hydrogen) atoms. The van der Waals surface area contributed by atoms with Crippen molar-refractivity contribution in [3.8, 4) is 11.1 Å². The lowest BCUT2D eigenvalue weighted by molar-refractivity contribution is -0.0996. The molecule has 0 saturated heterocycles. The Bertz CT molecular complexity index is 842. The third-order valence-electron chi connectivity index (χ3n) is 5.26. The average molecular weight is 328 g/mol. The summed E-state index contributed by atoms with van der Waals surface area (Å²) >= 11 is 0. The molecule has 0 aromatic heterocycles. The Balaban J connectivity index is 1.89. The second-order valence-electron chi connectivity index (χ2n) is 7.80. The van der Waals surface area contributed by atoms with Crippen LogP contribution in [0.4, 0.5) is 0 Å². The molecule has 0 aliphatic heterocycles. The Labute approximate surface area is 150 Å². The van der Waals surface area contributed by atoms with E-state index in [1.165, 1.54) is 27.8 Å². The molecule has 0 radical (unpaired) electrons. The van der Waals surface area contributed by atoms with Gasteiger partial charge in [0, 0.05) is 0 Å². The number of benzene rings is 3. The minimum Gasteiger partial charge on any atom is -0.360 e. The van der Waals surface area contributed by atoms with E-state index in [0.29, 0.717) is 6.61 Å². The molecule has 0 spiro atoms.